The van der Waals surface area contributed by atoms with Gasteiger partial charge in [0.25, 0.3) is 0 Å². The Hall–Kier alpha value is -2.13. The van der Waals surface area contributed by atoms with Crippen LogP contribution in [0.4, 0.5) is 0 Å². The average molecular weight is 460 g/mol. The van der Waals surface area contributed by atoms with E-state index in [2.05, 4.69) is 15.9 Å². The van der Waals surface area contributed by atoms with Crippen molar-refractivity contribution in [3.05, 3.63) is 81.8 Å². The van der Waals surface area contributed by atoms with Crippen LogP contribution >= 0.6 is 15.9 Å². The zero-order valence-corrected chi connectivity index (χ0v) is 18.0. The minimum Gasteiger partial charge on any atom is -0.467 e. The van der Waals surface area contributed by atoms with Crippen LogP contribution in [0.25, 0.3) is 0 Å². The summed E-state index contributed by atoms with van der Waals surface area (Å²) >= 11 is 3.33. The number of ether oxygens (including phenoxy) is 1. The summed E-state index contributed by atoms with van der Waals surface area (Å²) in [6.07, 6.45) is 0. The highest BCUT2D eigenvalue weighted by Gasteiger charge is 2.50. The minimum atomic E-state index is -4.25. The molecular formula is C17H17B3BrNO5S. The number of benzene rings is 2. The summed E-state index contributed by atoms with van der Waals surface area (Å²) in [6.45, 7) is 0. The van der Waals surface area contributed by atoms with Crippen LogP contribution in [0.5, 0.6) is 0 Å². The molecule has 0 radical (unpaired) electrons. The van der Waals surface area contributed by atoms with Crippen LogP contribution in [-0.4, -0.2) is 37.7 Å². The van der Waals surface area contributed by atoms with Gasteiger partial charge in [-0.15, -0.1) is 0 Å². The second-order valence-electron chi connectivity index (χ2n) is 7.08. The van der Waals surface area contributed by atoms with Gasteiger partial charge >= 0.3 is 10.1 Å². The largest absolute Gasteiger partial charge is 0.467 e. The number of hydrogen-bond donors (Lipinski definition) is 1. The molecule has 0 saturated carbocycles. The van der Waals surface area contributed by atoms with E-state index < -0.39 is 31.7 Å². The molecule has 142 valence electrons. The maximum atomic E-state index is 13.0. The molecule has 2 N–H and O–H groups in total. The van der Waals surface area contributed by atoms with Gasteiger partial charge in [0, 0.05) is 4.47 Å². The van der Waals surface area contributed by atoms with E-state index in [-0.39, 0.29) is 5.88 Å². The van der Waals surface area contributed by atoms with Crippen molar-refractivity contribution < 1.29 is 22.1 Å². The Morgan fingerprint density at radius 2 is 1.64 bits per heavy atom. The van der Waals surface area contributed by atoms with E-state index in [1.165, 1.54) is 23.5 Å². The molecule has 11 heteroatoms. The van der Waals surface area contributed by atoms with E-state index in [0.29, 0.717) is 11.1 Å². The SMILES string of the molecule is BC(B)(c1ccccc1)S(=O)(=O)OC1=C(N)O[C@](B)(c2ccc(Br)cc2)C1=O. The summed E-state index contributed by atoms with van der Waals surface area (Å²) in [6, 6.07) is 15.5. The highest BCUT2D eigenvalue weighted by molar-refractivity contribution is 9.10. The average Bonchev–Trinajstić information content (AvgIpc) is 2.86. The molecule has 0 spiro atoms. The zero-order valence-electron chi connectivity index (χ0n) is 15.6. The monoisotopic (exact) mass is 459 g/mol. The molecule has 1 aliphatic rings. The molecule has 0 saturated heterocycles. The predicted molar refractivity (Wildman–Crippen MR) is 117 cm³/mol. The summed E-state index contributed by atoms with van der Waals surface area (Å²) in [4.78, 5) is 13.0. The van der Waals surface area contributed by atoms with E-state index >= 15 is 0 Å². The third kappa shape index (κ3) is 3.37. The first kappa shape index (κ1) is 20.6. The van der Waals surface area contributed by atoms with Crippen LogP contribution in [0.3, 0.4) is 0 Å². The fourth-order valence-electron chi connectivity index (χ4n) is 2.88. The van der Waals surface area contributed by atoms with Crippen LogP contribution in [0, 0.1) is 0 Å². The molecule has 0 unspecified atom stereocenters. The lowest BCUT2D eigenvalue weighted by molar-refractivity contribution is -0.126. The number of carbonyl (C=O) groups is 1. The van der Waals surface area contributed by atoms with Crippen molar-refractivity contribution in [2.45, 2.75) is 10.0 Å². The van der Waals surface area contributed by atoms with Crippen molar-refractivity contribution in [3.63, 3.8) is 0 Å². The van der Waals surface area contributed by atoms with Gasteiger partial charge in [-0.25, -0.2) is 0 Å². The van der Waals surface area contributed by atoms with Gasteiger partial charge < -0.3 is 14.7 Å². The van der Waals surface area contributed by atoms with Gasteiger partial charge in [-0.05, 0) is 23.3 Å². The summed E-state index contributed by atoms with van der Waals surface area (Å²) in [7, 11) is 0.282. The first-order chi connectivity index (χ1) is 13.0. The van der Waals surface area contributed by atoms with Crippen LogP contribution in [0.1, 0.15) is 11.1 Å². The molecule has 0 fully saturated rings. The van der Waals surface area contributed by atoms with Crippen molar-refractivity contribution in [1.29, 1.82) is 0 Å². The van der Waals surface area contributed by atoms with Crippen molar-refractivity contribution in [2.75, 3.05) is 0 Å². The maximum Gasteiger partial charge on any atom is 0.304 e. The number of hydrogen-bond acceptors (Lipinski definition) is 6. The Labute approximate surface area is 175 Å². The molecule has 0 aliphatic carbocycles. The minimum absolute atomic E-state index is 0.358. The summed E-state index contributed by atoms with van der Waals surface area (Å²) < 4.78 is 36.1. The predicted octanol–water partition coefficient (Wildman–Crippen LogP) is -0.615. The second-order valence-corrected chi connectivity index (χ2v) is 10.1. The number of ketones is 1. The Balaban J connectivity index is 1.93. The van der Waals surface area contributed by atoms with Gasteiger partial charge in [-0.3, -0.25) is 4.79 Å². The van der Waals surface area contributed by atoms with Crippen molar-refractivity contribution in [2.24, 2.45) is 5.73 Å². The Bertz CT molecular complexity index is 1060. The number of Topliss-reactive ketones (excluding diaryl/α,β-unsaturated/α-hetero) is 1. The molecule has 2 aromatic rings. The number of rotatable bonds is 5. The molecule has 1 heterocycles. The lowest BCUT2D eigenvalue weighted by Gasteiger charge is -2.26. The lowest BCUT2D eigenvalue weighted by Crippen LogP contribution is -2.40. The van der Waals surface area contributed by atoms with Crippen LogP contribution in [0.2, 0.25) is 0 Å². The molecule has 0 bridgehead atoms. The third-order valence-electron chi connectivity index (χ3n) is 4.86. The molecule has 1 atom stereocenters. The van der Waals surface area contributed by atoms with Gasteiger partial charge in [0.05, 0.1) is 4.55 Å². The van der Waals surface area contributed by atoms with Crippen molar-refractivity contribution in [1.82, 2.24) is 0 Å². The Morgan fingerprint density at radius 1 is 1.07 bits per heavy atom. The highest BCUT2D eigenvalue weighted by atomic mass is 79.9. The summed E-state index contributed by atoms with van der Waals surface area (Å²) in [5, 5.41) is 0. The van der Waals surface area contributed by atoms with Crippen LogP contribution < -0.4 is 5.73 Å². The molecule has 0 amide bonds. The van der Waals surface area contributed by atoms with Crippen LogP contribution in [0.15, 0.2) is 70.7 Å². The van der Waals surface area contributed by atoms with E-state index in [4.69, 9.17) is 14.7 Å². The number of halogens is 1. The summed E-state index contributed by atoms with van der Waals surface area (Å²) in [5.41, 5.74) is 5.43. The number of nitrogens with two attached hydrogens (primary N) is 1. The second kappa shape index (κ2) is 7.04. The molecule has 0 aromatic heterocycles. The zero-order chi connectivity index (χ0) is 20.7. The first-order valence-corrected chi connectivity index (χ1v) is 10.7. The fourth-order valence-corrected chi connectivity index (χ4v) is 4.15. The molecule has 6 nitrogen and oxygen atoms in total. The van der Waals surface area contributed by atoms with Gasteiger partial charge in [0.2, 0.25) is 17.4 Å². The normalized spacial score (nSPS) is 20.1. The summed E-state index contributed by atoms with van der Waals surface area (Å²) in [5.74, 6) is -1.52. The van der Waals surface area contributed by atoms with Gasteiger partial charge in [-0.2, -0.15) is 8.42 Å². The topological polar surface area (TPSA) is 95.7 Å². The smallest absolute Gasteiger partial charge is 0.304 e. The maximum absolute atomic E-state index is 13.0. The Kier molecular flexibility index (Phi) is 5.18. The van der Waals surface area contributed by atoms with E-state index in [9.17, 15) is 13.2 Å². The van der Waals surface area contributed by atoms with Gasteiger partial charge in [0.1, 0.15) is 15.7 Å². The van der Waals surface area contributed by atoms with Crippen LogP contribution in [-0.2, 0) is 33.9 Å². The van der Waals surface area contributed by atoms with Gasteiger partial charge in [0.15, 0.2) is 13.3 Å². The van der Waals surface area contributed by atoms with Crippen molar-refractivity contribution >= 4 is 55.4 Å². The molecule has 28 heavy (non-hydrogen) atoms. The first-order valence-electron chi connectivity index (χ1n) is 8.48. The fraction of sp³-hybridized carbons (Fsp3) is 0.118. The van der Waals surface area contributed by atoms with Crippen molar-refractivity contribution in [3.8, 4) is 0 Å². The molecule has 3 rings (SSSR count). The van der Waals surface area contributed by atoms with E-state index in [0.717, 1.165) is 4.47 Å². The quantitative estimate of drug-likeness (QED) is 0.473. The third-order valence-corrected chi connectivity index (χ3v) is 7.26. The molecule has 1 aliphatic heterocycles. The van der Waals surface area contributed by atoms with Gasteiger partial charge in [-0.1, -0.05) is 58.4 Å². The molecular weight excluding hydrogens is 443 g/mol. The lowest BCUT2D eigenvalue weighted by atomic mass is 9.65. The standard InChI is InChI=1S/C17H17B3BrNO5S/c18-16(10-6-8-12(21)9-7-10)14(23)13(15(22)26-16)27-28(24,25)17(19,20)11-4-2-1-3-5-11/h1-9H,18-20,22H2/t16-/m1/s1. The highest BCUT2D eigenvalue weighted by Crippen LogP contribution is 2.38. The van der Waals surface area contributed by atoms with E-state index in [1.54, 1.807) is 54.6 Å². The Morgan fingerprint density at radius 3 is 2.21 bits per heavy atom. The number of carbonyl (C=O) groups excluding carboxylic acids is 1. The molecule has 2 aromatic carbocycles. The van der Waals surface area contributed by atoms with E-state index in [1.807, 2.05) is 0 Å².